The predicted molar refractivity (Wildman–Crippen MR) is 207 cm³/mol. The first-order chi connectivity index (χ1) is 25.9. The van der Waals surface area contributed by atoms with E-state index in [1.807, 2.05) is 86.9 Å². The second kappa shape index (κ2) is 13.3. The third-order valence-electron chi connectivity index (χ3n) is 10.5. The van der Waals surface area contributed by atoms with Crippen molar-refractivity contribution in [1.29, 1.82) is 0 Å². The fourth-order valence-electron chi connectivity index (χ4n) is 6.93. The quantitative estimate of drug-likeness (QED) is 0.124. The minimum absolute atomic E-state index is 0.197. The molecule has 3 aromatic heterocycles. The Morgan fingerprint density at radius 1 is 0.963 bits per heavy atom. The maximum Gasteiger partial charge on any atom is 0.494 e. The van der Waals surface area contributed by atoms with Crippen LogP contribution < -0.4 is 10.1 Å². The monoisotopic (exact) mass is 725 g/mol. The van der Waals surface area contributed by atoms with Gasteiger partial charge in [0.2, 0.25) is 0 Å². The van der Waals surface area contributed by atoms with Crippen LogP contribution in [0, 0.1) is 11.6 Å². The van der Waals surface area contributed by atoms with E-state index in [2.05, 4.69) is 11.9 Å². The normalized spacial score (nSPS) is 16.1. The molecule has 0 bridgehead atoms. The summed E-state index contributed by atoms with van der Waals surface area (Å²) in [4.78, 5) is 18.1. The smallest absolute Gasteiger partial charge is 0.470 e. The highest BCUT2D eigenvalue weighted by molar-refractivity contribution is 6.55. The second-order valence-corrected chi connectivity index (χ2v) is 14.5. The molecule has 8 rings (SSSR count). The molecule has 272 valence electrons. The highest BCUT2D eigenvalue weighted by atomic mass is 19.1. The minimum Gasteiger partial charge on any atom is -0.470 e. The average molecular weight is 726 g/mol. The van der Waals surface area contributed by atoms with Crippen molar-refractivity contribution in [1.82, 2.24) is 14.9 Å². The van der Waals surface area contributed by atoms with E-state index in [1.165, 1.54) is 12.1 Å². The van der Waals surface area contributed by atoms with Gasteiger partial charge >= 0.3 is 7.12 Å². The van der Waals surface area contributed by atoms with Gasteiger partial charge in [-0.15, -0.1) is 0 Å². The Morgan fingerprint density at radius 2 is 1.70 bits per heavy atom. The molecule has 2 aliphatic rings. The van der Waals surface area contributed by atoms with Crippen molar-refractivity contribution < 1.29 is 32.0 Å². The number of furan rings is 1. The number of hydrogen-bond donors (Lipinski definition) is 1. The number of nitrogens with zero attached hydrogens (tertiary/aromatic N) is 2. The standard InChI is InChI=1S/C43H38BF2N3O5/c1-7-9-28(44-53-42(2,3)43(4,5)54-44)11-8-10-25-20-32(46)30-23-35-39-37(51-24-49(35)34(30)21-25)19-17-33(48-39)27-14-18-36-31(22-27)38(41(50)47-6)40(52-36)26-12-15-29(45)16-13-26/h7-9,11-23H,1,10,24H2,2-6H3,(H,47,50). The molecule has 11 heteroatoms. The van der Waals surface area contributed by atoms with Crippen molar-refractivity contribution in [3.8, 4) is 39.7 Å². The van der Waals surface area contributed by atoms with E-state index < -0.39 is 18.3 Å². The van der Waals surface area contributed by atoms with Crippen molar-refractivity contribution in [2.75, 3.05) is 7.05 Å². The Balaban J connectivity index is 1.11. The molecule has 0 spiro atoms. The largest absolute Gasteiger partial charge is 0.494 e. The first kappa shape index (κ1) is 35.3. The van der Waals surface area contributed by atoms with Crippen LogP contribution in [0.25, 0.3) is 55.8 Å². The SMILES string of the molecule is C=CC=C(C=CCc1cc(F)c2cc3n(c2c1)COc1ccc(-c2ccc4oc(-c5ccc(F)cc5)c(C(=O)NC)c4c2)nc1-3)B1OC(C)(C)C(C)(C)O1. The van der Waals surface area contributed by atoms with Gasteiger partial charge in [-0.25, -0.2) is 13.8 Å². The number of rotatable bonds is 8. The van der Waals surface area contributed by atoms with Crippen LogP contribution in [0.3, 0.4) is 0 Å². The highest BCUT2D eigenvalue weighted by Gasteiger charge is 2.52. The first-order valence-electron chi connectivity index (χ1n) is 17.7. The summed E-state index contributed by atoms with van der Waals surface area (Å²) >= 11 is 0. The first-order valence-corrected chi connectivity index (χ1v) is 17.7. The predicted octanol–water partition coefficient (Wildman–Crippen LogP) is 9.61. The maximum absolute atomic E-state index is 15.8. The summed E-state index contributed by atoms with van der Waals surface area (Å²) in [6.45, 7) is 12.1. The van der Waals surface area contributed by atoms with E-state index in [0.29, 0.717) is 62.3 Å². The van der Waals surface area contributed by atoms with Crippen LogP contribution in [0.4, 0.5) is 8.78 Å². The molecule has 0 atom stereocenters. The summed E-state index contributed by atoms with van der Waals surface area (Å²) in [7, 11) is 1.00. The van der Waals surface area contributed by atoms with Crippen molar-refractivity contribution >= 4 is 34.9 Å². The number of pyridine rings is 1. The maximum atomic E-state index is 15.8. The molecule has 0 aliphatic carbocycles. The summed E-state index contributed by atoms with van der Waals surface area (Å²) in [5, 5.41) is 3.75. The average Bonchev–Trinajstić information content (AvgIpc) is 3.79. The Hall–Kier alpha value is -5.78. The lowest BCUT2D eigenvalue weighted by atomic mass is 9.77. The van der Waals surface area contributed by atoms with E-state index in [1.54, 1.807) is 37.4 Å². The minimum atomic E-state index is -0.547. The number of ether oxygens (including phenoxy) is 1. The number of aromatic nitrogens is 2. The van der Waals surface area contributed by atoms with Gasteiger partial charge in [0.15, 0.2) is 6.73 Å². The third-order valence-corrected chi connectivity index (χ3v) is 10.5. The number of nitrogens with one attached hydrogen (secondary N) is 1. The third kappa shape index (κ3) is 6.03. The van der Waals surface area contributed by atoms with Crippen LogP contribution in [-0.2, 0) is 22.5 Å². The molecule has 0 radical (unpaired) electrons. The van der Waals surface area contributed by atoms with E-state index in [0.717, 1.165) is 22.3 Å². The van der Waals surface area contributed by atoms with Crippen LogP contribution in [0.1, 0.15) is 43.6 Å². The van der Waals surface area contributed by atoms with Gasteiger partial charge in [-0.3, -0.25) is 4.79 Å². The van der Waals surface area contributed by atoms with Gasteiger partial charge in [0, 0.05) is 28.9 Å². The molecule has 5 heterocycles. The van der Waals surface area contributed by atoms with Crippen LogP contribution in [0.15, 0.2) is 114 Å². The number of hydrogen-bond acceptors (Lipinski definition) is 6. The summed E-state index contributed by atoms with van der Waals surface area (Å²) in [5.41, 5.74) is 5.42. The number of halogens is 2. The van der Waals surface area contributed by atoms with Gasteiger partial charge < -0.3 is 28.3 Å². The lowest BCUT2D eigenvalue weighted by Crippen LogP contribution is -2.41. The Kier molecular flexibility index (Phi) is 8.66. The van der Waals surface area contributed by atoms with E-state index in [-0.39, 0.29) is 24.3 Å². The second-order valence-electron chi connectivity index (χ2n) is 14.5. The van der Waals surface area contributed by atoms with Crippen LogP contribution in [0.2, 0.25) is 0 Å². The van der Waals surface area contributed by atoms with Gasteiger partial charge in [0.1, 0.15) is 34.4 Å². The highest BCUT2D eigenvalue weighted by Crippen LogP contribution is 2.42. The molecule has 0 unspecified atom stereocenters. The molecule has 1 saturated heterocycles. The van der Waals surface area contributed by atoms with Crippen LogP contribution >= 0.6 is 0 Å². The number of fused-ring (bicyclic) bond motifs is 6. The Morgan fingerprint density at radius 3 is 2.43 bits per heavy atom. The fourth-order valence-corrected chi connectivity index (χ4v) is 6.93. The van der Waals surface area contributed by atoms with Gasteiger partial charge in [-0.1, -0.05) is 30.9 Å². The van der Waals surface area contributed by atoms with E-state index in [4.69, 9.17) is 23.4 Å². The summed E-state index contributed by atoms with van der Waals surface area (Å²) in [6.07, 6.45) is 7.94. The summed E-state index contributed by atoms with van der Waals surface area (Å²) in [6, 6.07) is 20.3. The molecule has 1 N–H and O–H groups in total. The van der Waals surface area contributed by atoms with Crippen molar-refractivity contribution in [2.24, 2.45) is 0 Å². The number of carbonyl (C=O) groups excluding carboxylic acids is 1. The van der Waals surface area contributed by atoms with Crippen LogP contribution in [0.5, 0.6) is 5.75 Å². The number of carbonyl (C=O) groups is 1. The molecular formula is C43H38BF2N3O5. The van der Waals surface area contributed by atoms with Gasteiger partial charge in [-0.2, -0.15) is 0 Å². The lowest BCUT2D eigenvalue weighted by molar-refractivity contribution is 0.00578. The Bertz CT molecular complexity index is 2530. The summed E-state index contributed by atoms with van der Waals surface area (Å²) < 4.78 is 56.1. The van der Waals surface area contributed by atoms with Gasteiger partial charge in [0.05, 0.1) is 33.7 Å². The lowest BCUT2D eigenvalue weighted by Gasteiger charge is -2.32. The summed E-state index contributed by atoms with van der Waals surface area (Å²) in [5.74, 6) is -0.143. The molecule has 0 saturated carbocycles. The van der Waals surface area contributed by atoms with E-state index >= 15 is 4.39 Å². The Labute approximate surface area is 311 Å². The number of allylic oxidation sites excluding steroid dienone is 5. The zero-order valence-electron chi connectivity index (χ0n) is 30.6. The number of amides is 1. The van der Waals surface area contributed by atoms with Gasteiger partial charge in [-0.05, 0) is 118 Å². The molecule has 1 amide bonds. The molecule has 8 nitrogen and oxygen atoms in total. The fraction of sp³-hybridized carbons (Fsp3) is 0.209. The topological polar surface area (TPSA) is 87.8 Å². The number of benzene rings is 3. The molecule has 3 aromatic carbocycles. The zero-order valence-corrected chi connectivity index (χ0v) is 30.6. The van der Waals surface area contributed by atoms with Crippen molar-refractivity contribution in [2.45, 2.75) is 52.0 Å². The molecular weight excluding hydrogens is 687 g/mol. The molecule has 6 aromatic rings. The molecule has 54 heavy (non-hydrogen) atoms. The molecule has 2 aliphatic heterocycles. The van der Waals surface area contributed by atoms with Gasteiger partial charge in [0.25, 0.3) is 5.91 Å². The van der Waals surface area contributed by atoms with Crippen molar-refractivity contribution in [3.63, 3.8) is 0 Å². The molecule has 1 fully saturated rings. The van der Waals surface area contributed by atoms with Crippen LogP contribution in [-0.4, -0.2) is 40.8 Å². The van der Waals surface area contributed by atoms with E-state index in [9.17, 15) is 9.18 Å². The zero-order chi connectivity index (χ0) is 37.9. The van der Waals surface area contributed by atoms with Crippen molar-refractivity contribution in [3.05, 3.63) is 132 Å².